The monoisotopic (exact) mass is 794 g/mol. The molecular formula is C44H28K2O6S2. The maximum atomic E-state index is 13.6. The molecule has 0 saturated heterocycles. The van der Waals surface area contributed by atoms with Crippen molar-refractivity contribution in [2.75, 3.05) is 0 Å². The molecule has 10 heteroatoms. The number of fused-ring (bicyclic) bond motifs is 2. The number of hydrogen-bond donors (Lipinski definition) is 0. The van der Waals surface area contributed by atoms with Crippen LogP contribution in [0.15, 0.2) is 180 Å². The predicted octanol–water partition coefficient (Wildman–Crippen LogP) is 4.14. The largest absolute Gasteiger partial charge is 1.00 e. The minimum atomic E-state index is -5.31. The van der Waals surface area contributed by atoms with Crippen LogP contribution in [0.25, 0.3) is 77.2 Å². The number of rotatable bonds is 7. The first-order valence-corrected chi connectivity index (χ1v) is 19.2. The summed E-state index contributed by atoms with van der Waals surface area (Å²) in [4.78, 5) is -1.21. The quantitative estimate of drug-likeness (QED) is 0.177. The van der Waals surface area contributed by atoms with E-state index in [2.05, 4.69) is 0 Å². The van der Waals surface area contributed by atoms with Gasteiger partial charge in [0.1, 0.15) is 20.2 Å². The molecule has 0 heterocycles. The normalized spacial score (nSPS) is 11.5. The molecule has 254 valence electrons. The standard InChI is InChI=1S/C44H30O6S2.2K/c45-51(46,47)43-39(33-23-19-31(20-24-33)29-11-3-1-4-12-29)27-35-15-7-9-17-37(35)41(43)42-38-18-10-8-16-36(38)28-40(44(42)52(48,49)50)34-25-21-32(22-26-34)30-13-5-2-6-14-30;;/h1-28H,(H,45,46,47)(H,48,49,50);;/q;2*+1/p-2. The Kier molecular flexibility index (Phi) is 12.8. The van der Waals surface area contributed by atoms with Crippen molar-refractivity contribution in [3.05, 3.63) is 170 Å². The van der Waals surface area contributed by atoms with Crippen molar-refractivity contribution in [2.24, 2.45) is 0 Å². The molecule has 0 saturated carbocycles. The van der Waals surface area contributed by atoms with Crippen LogP contribution in [0.4, 0.5) is 0 Å². The zero-order chi connectivity index (χ0) is 36.0. The third-order valence-electron chi connectivity index (χ3n) is 9.36. The molecule has 54 heavy (non-hydrogen) atoms. The van der Waals surface area contributed by atoms with Gasteiger partial charge < -0.3 is 9.11 Å². The minimum absolute atomic E-state index is 0. The van der Waals surface area contributed by atoms with Crippen molar-refractivity contribution in [1.29, 1.82) is 0 Å². The van der Waals surface area contributed by atoms with Crippen LogP contribution < -0.4 is 103 Å². The van der Waals surface area contributed by atoms with E-state index in [1.54, 1.807) is 84.9 Å². The minimum Gasteiger partial charge on any atom is -0.744 e. The fourth-order valence-corrected chi connectivity index (χ4v) is 8.86. The fourth-order valence-electron chi connectivity index (χ4n) is 7.05. The average Bonchev–Trinajstić information content (AvgIpc) is 3.16. The molecule has 0 unspecified atom stereocenters. The molecule has 0 spiro atoms. The van der Waals surface area contributed by atoms with Crippen LogP contribution in [-0.4, -0.2) is 25.9 Å². The van der Waals surface area contributed by atoms with Gasteiger partial charge in [-0.05, 0) is 67.1 Å². The van der Waals surface area contributed by atoms with Crippen molar-refractivity contribution >= 4 is 41.8 Å². The molecule has 8 rings (SSSR count). The predicted molar refractivity (Wildman–Crippen MR) is 205 cm³/mol. The molecule has 0 N–H and O–H groups in total. The van der Waals surface area contributed by atoms with Gasteiger partial charge in [-0.3, -0.25) is 0 Å². The van der Waals surface area contributed by atoms with Gasteiger partial charge in [0.2, 0.25) is 0 Å². The Hall–Kier alpha value is -2.63. The van der Waals surface area contributed by atoms with Crippen LogP contribution in [0.2, 0.25) is 0 Å². The molecule has 0 aromatic heterocycles. The van der Waals surface area contributed by atoms with Gasteiger partial charge in [-0.15, -0.1) is 0 Å². The van der Waals surface area contributed by atoms with E-state index < -0.39 is 30.0 Å². The molecule has 0 fully saturated rings. The maximum Gasteiger partial charge on any atom is 1.00 e. The van der Waals surface area contributed by atoms with Crippen LogP contribution in [0, 0.1) is 0 Å². The van der Waals surface area contributed by atoms with Crippen molar-refractivity contribution in [2.45, 2.75) is 9.79 Å². The molecule has 0 aliphatic carbocycles. The topological polar surface area (TPSA) is 114 Å². The summed E-state index contributed by atoms with van der Waals surface area (Å²) in [6.45, 7) is 0. The number of hydrogen-bond acceptors (Lipinski definition) is 6. The van der Waals surface area contributed by atoms with E-state index in [0.717, 1.165) is 22.3 Å². The summed E-state index contributed by atoms with van der Waals surface area (Å²) in [5, 5.41) is 1.74. The van der Waals surface area contributed by atoms with E-state index in [-0.39, 0.29) is 125 Å². The Morgan fingerprint density at radius 3 is 0.944 bits per heavy atom. The zero-order valence-electron chi connectivity index (χ0n) is 29.4. The molecule has 0 aliphatic rings. The molecule has 6 nitrogen and oxygen atoms in total. The Morgan fingerprint density at radius 2 is 0.611 bits per heavy atom. The van der Waals surface area contributed by atoms with Crippen molar-refractivity contribution in [3.8, 4) is 55.6 Å². The Balaban J connectivity index is 0.00000249. The van der Waals surface area contributed by atoms with E-state index in [1.165, 1.54) is 0 Å². The third kappa shape index (κ3) is 8.11. The van der Waals surface area contributed by atoms with Crippen LogP contribution in [-0.2, 0) is 20.2 Å². The SMILES string of the molecule is O=S(=O)([O-])c1c(-c2ccc(-c3ccccc3)cc2)cc2ccccc2c1-c1c(S(=O)(=O)[O-])c(-c2ccc(-c3ccccc3)cc2)cc2ccccc12.[K+].[K+]. The first kappa shape index (κ1) is 41.0. The average molecular weight is 795 g/mol. The van der Waals surface area contributed by atoms with Gasteiger partial charge in [-0.2, -0.15) is 0 Å². The second-order valence-corrected chi connectivity index (χ2v) is 15.1. The fraction of sp³-hybridized carbons (Fsp3) is 0. The van der Waals surface area contributed by atoms with Gasteiger partial charge in [0.15, 0.2) is 0 Å². The molecule has 8 aromatic carbocycles. The van der Waals surface area contributed by atoms with Gasteiger partial charge in [-0.1, -0.05) is 158 Å². The Labute approximate surface area is 399 Å². The van der Waals surface area contributed by atoms with E-state index in [1.807, 2.05) is 84.9 Å². The van der Waals surface area contributed by atoms with Gasteiger partial charge in [0, 0.05) is 22.3 Å². The molecule has 0 atom stereocenters. The maximum absolute atomic E-state index is 13.6. The second-order valence-electron chi connectivity index (χ2n) is 12.5. The molecule has 0 aliphatic heterocycles. The van der Waals surface area contributed by atoms with E-state index >= 15 is 0 Å². The van der Waals surface area contributed by atoms with Gasteiger partial charge in [-0.25, -0.2) is 16.8 Å². The van der Waals surface area contributed by atoms with Crippen LogP contribution in [0.3, 0.4) is 0 Å². The van der Waals surface area contributed by atoms with Crippen molar-refractivity contribution in [3.63, 3.8) is 0 Å². The van der Waals surface area contributed by atoms with E-state index in [4.69, 9.17) is 0 Å². The molecule has 8 aromatic rings. The summed E-state index contributed by atoms with van der Waals surface area (Å²) >= 11 is 0. The van der Waals surface area contributed by atoms with E-state index in [0.29, 0.717) is 32.7 Å². The molecule has 0 bridgehead atoms. The Bertz CT molecular complexity index is 2660. The smallest absolute Gasteiger partial charge is 0.744 e. The van der Waals surface area contributed by atoms with Crippen LogP contribution in [0.1, 0.15) is 0 Å². The molecular weight excluding hydrogens is 767 g/mol. The van der Waals surface area contributed by atoms with Crippen molar-refractivity contribution in [1.82, 2.24) is 0 Å². The van der Waals surface area contributed by atoms with Crippen LogP contribution in [0.5, 0.6) is 0 Å². The summed E-state index contributed by atoms with van der Waals surface area (Å²) in [6.07, 6.45) is 0. The summed E-state index contributed by atoms with van der Waals surface area (Å²) < 4.78 is 81.6. The summed E-state index contributed by atoms with van der Waals surface area (Å²) in [5.41, 5.74) is 4.47. The second kappa shape index (κ2) is 16.8. The van der Waals surface area contributed by atoms with Gasteiger partial charge in [0.25, 0.3) is 0 Å². The van der Waals surface area contributed by atoms with Crippen molar-refractivity contribution < 1.29 is 129 Å². The van der Waals surface area contributed by atoms with Crippen LogP contribution >= 0.6 is 0 Å². The summed E-state index contributed by atoms with van der Waals surface area (Å²) in [5.74, 6) is 0. The molecule has 0 amide bonds. The zero-order valence-corrected chi connectivity index (χ0v) is 37.3. The summed E-state index contributed by atoms with van der Waals surface area (Å²) in [7, 11) is -10.6. The molecule has 0 radical (unpaired) electrons. The van der Waals surface area contributed by atoms with Gasteiger partial charge in [0.05, 0.1) is 9.79 Å². The first-order valence-electron chi connectivity index (χ1n) is 16.4. The first-order chi connectivity index (χ1) is 25.1. The Morgan fingerprint density at radius 1 is 0.333 bits per heavy atom. The van der Waals surface area contributed by atoms with E-state index in [9.17, 15) is 25.9 Å². The van der Waals surface area contributed by atoms with Gasteiger partial charge >= 0.3 is 103 Å². The third-order valence-corrected chi connectivity index (χ3v) is 11.2. The number of benzene rings is 8. The summed E-state index contributed by atoms with van der Waals surface area (Å²) in [6, 6.07) is 50.5.